The highest BCUT2D eigenvalue weighted by atomic mass is 16.5. The first kappa shape index (κ1) is 16.7. The van der Waals surface area contributed by atoms with Gasteiger partial charge in [0.15, 0.2) is 0 Å². The fourth-order valence-electron chi connectivity index (χ4n) is 3.39. The minimum Gasteiger partial charge on any atom is -0.478 e. The second-order valence-electron chi connectivity index (χ2n) is 6.78. The van der Waals surface area contributed by atoms with Crippen molar-refractivity contribution in [2.24, 2.45) is 5.92 Å². The van der Waals surface area contributed by atoms with E-state index in [0.717, 1.165) is 38.5 Å². The molecule has 1 saturated heterocycles. The Labute approximate surface area is 139 Å². The molecule has 0 unspecified atom stereocenters. The van der Waals surface area contributed by atoms with E-state index in [-0.39, 0.29) is 6.61 Å². The van der Waals surface area contributed by atoms with E-state index in [9.17, 15) is 5.11 Å². The summed E-state index contributed by atoms with van der Waals surface area (Å²) < 4.78 is 5.40. The summed E-state index contributed by atoms with van der Waals surface area (Å²) in [6.45, 7) is 8.32. The van der Waals surface area contributed by atoms with Crippen LogP contribution in [-0.4, -0.2) is 65.3 Å². The predicted octanol–water partition coefficient (Wildman–Crippen LogP) is 1.76. The summed E-state index contributed by atoms with van der Waals surface area (Å²) >= 11 is 0. The van der Waals surface area contributed by atoms with Gasteiger partial charge < -0.3 is 9.84 Å². The van der Waals surface area contributed by atoms with Gasteiger partial charge in [-0.3, -0.25) is 9.80 Å². The van der Waals surface area contributed by atoms with Gasteiger partial charge in [0.05, 0.1) is 6.61 Å². The van der Waals surface area contributed by atoms with Crippen LogP contribution in [0.4, 0.5) is 0 Å². The first-order valence-electron chi connectivity index (χ1n) is 8.93. The first-order chi connectivity index (χ1) is 11.3. The van der Waals surface area contributed by atoms with Gasteiger partial charge in [-0.1, -0.05) is 6.07 Å². The maximum Gasteiger partial charge on any atom is 0.213 e. The molecule has 5 nitrogen and oxygen atoms in total. The van der Waals surface area contributed by atoms with E-state index in [1.54, 1.807) is 0 Å². The van der Waals surface area contributed by atoms with E-state index < -0.39 is 0 Å². The van der Waals surface area contributed by atoms with Gasteiger partial charge in [-0.05, 0) is 37.7 Å². The van der Waals surface area contributed by atoms with Crippen molar-refractivity contribution >= 4 is 0 Å². The molecule has 1 atom stereocenters. The molecule has 0 radical (unpaired) electrons. The van der Waals surface area contributed by atoms with Crippen LogP contribution in [0.5, 0.6) is 5.88 Å². The Morgan fingerprint density at radius 2 is 2.17 bits per heavy atom. The lowest BCUT2D eigenvalue weighted by molar-refractivity contribution is 0.0521. The van der Waals surface area contributed by atoms with Crippen LogP contribution >= 0.6 is 0 Å². The van der Waals surface area contributed by atoms with Crippen LogP contribution in [0, 0.1) is 5.92 Å². The second-order valence-corrected chi connectivity index (χ2v) is 6.78. The smallest absolute Gasteiger partial charge is 0.213 e. The normalized spacial score (nSPS) is 23.1. The predicted molar refractivity (Wildman–Crippen MR) is 90.5 cm³/mol. The zero-order valence-corrected chi connectivity index (χ0v) is 14.2. The molecule has 2 fully saturated rings. The van der Waals surface area contributed by atoms with E-state index in [1.165, 1.54) is 24.9 Å². The number of aliphatic hydroxyl groups is 1. The molecule has 0 spiro atoms. The van der Waals surface area contributed by atoms with Gasteiger partial charge in [0.2, 0.25) is 5.88 Å². The van der Waals surface area contributed by atoms with Crippen molar-refractivity contribution in [1.82, 2.24) is 14.8 Å². The first-order valence-corrected chi connectivity index (χ1v) is 8.93. The van der Waals surface area contributed by atoms with E-state index in [2.05, 4.69) is 20.9 Å². The molecule has 1 aliphatic heterocycles. The summed E-state index contributed by atoms with van der Waals surface area (Å²) in [7, 11) is 0. The molecule has 0 bridgehead atoms. The molecule has 1 aromatic heterocycles. The Morgan fingerprint density at radius 1 is 1.30 bits per heavy atom. The van der Waals surface area contributed by atoms with Crippen molar-refractivity contribution < 1.29 is 9.84 Å². The van der Waals surface area contributed by atoms with Gasteiger partial charge in [0, 0.05) is 57.6 Å². The number of nitrogens with zero attached hydrogens (tertiary/aromatic N) is 3. The highest BCUT2D eigenvalue weighted by molar-refractivity contribution is 5.17. The van der Waals surface area contributed by atoms with Gasteiger partial charge in [-0.25, -0.2) is 4.98 Å². The number of hydrogen-bond acceptors (Lipinski definition) is 5. The monoisotopic (exact) mass is 319 g/mol. The third-order valence-electron chi connectivity index (χ3n) is 4.84. The molecule has 5 heteroatoms. The summed E-state index contributed by atoms with van der Waals surface area (Å²) in [6, 6.07) is 4.55. The number of pyridine rings is 1. The van der Waals surface area contributed by atoms with Gasteiger partial charge >= 0.3 is 0 Å². The third-order valence-corrected chi connectivity index (χ3v) is 4.84. The van der Waals surface area contributed by atoms with Crippen LogP contribution in [0.1, 0.15) is 31.7 Å². The number of ether oxygens (including phenoxy) is 1. The van der Waals surface area contributed by atoms with Gasteiger partial charge in [-0.15, -0.1) is 0 Å². The summed E-state index contributed by atoms with van der Waals surface area (Å²) in [6.07, 6.45) is 5.58. The van der Waals surface area contributed by atoms with Crippen LogP contribution in [0.15, 0.2) is 18.3 Å². The van der Waals surface area contributed by atoms with Crippen molar-refractivity contribution in [2.75, 3.05) is 39.4 Å². The minimum atomic E-state index is 0.282. The van der Waals surface area contributed by atoms with Crippen LogP contribution in [0.2, 0.25) is 0 Å². The molecule has 23 heavy (non-hydrogen) atoms. The SMILES string of the molecule is CCOc1ccc(CN2CCN(CC3CC3)[C@H](CCO)C2)cn1. The van der Waals surface area contributed by atoms with E-state index in [1.807, 2.05) is 19.2 Å². The van der Waals surface area contributed by atoms with Crippen molar-refractivity contribution in [3.63, 3.8) is 0 Å². The molecule has 0 amide bonds. The van der Waals surface area contributed by atoms with Crippen molar-refractivity contribution in [3.8, 4) is 5.88 Å². The zero-order valence-electron chi connectivity index (χ0n) is 14.2. The average Bonchev–Trinajstić information content (AvgIpc) is 3.36. The Hall–Kier alpha value is -1.17. The van der Waals surface area contributed by atoms with Gasteiger partial charge in [-0.2, -0.15) is 0 Å². The van der Waals surface area contributed by atoms with Gasteiger partial charge in [0.25, 0.3) is 0 Å². The molecule has 2 aliphatic rings. The fraction of sp³-hybridized carbons (Fsp3) is 0.722. The number of aromatic nitrogens is 1. The fourth-order valence-corrected chi connectivity index (χ4v) is 3.39. The Kier molecular flexibility index (Phi) is 5.86. The number of piperazine rings is 1. The van der Waals surface area contributed by atoms with Gasteiger partial charge in [0.1, 0.15) is 0 Å². The summed E-state index contributed by atoms with van der Waals surface area (Å²) in [5, 5.41) is 9.37. The quantitative estimate of drug-likeness (QED) is 0.791. The van der Waals surface area contributed by atoms with E-state index in [4.69, 9.17) is 4.74 Å². The molecule has 1 aliphatic carbocycles. The van der Waals surface area contributed by atoms with Crippen molar-refractivity contribution in [2.45, 2.75) is 38.8 Å². The average molecular weight is 319 g/mol. The summed E-state index contributed by atoms with van der Waals surface area (Å²) in [5.41, 5.74) is 1.23. The molecule has 1 saturated carbocycles. The highest BCUT2D eigenvalue weighted by Gasteiger charge is 2.31. The number of aliphatic hydroxyl groups excluding tert-OH is 1. The lowest BCUT2D eigenvalue weighted by Crippen LogP contribution is -2.53. The maximum atomic E-state index is 9.37. The lowest BCUT2D eigenvalue weighted by atomic mass is 10.1. The number of hydrogen-bond donors (Lipinski definition) is 1. The molecule has 1 N–H and O–H groups in total. The molecule has 2 heterocycles. The van der Waals surface area contributed by atoms with Crippen molar-refractivity contribution in [1.29, 1.82) is 0 Å². The topological polar surface area (TPSA) is 48.8 Å². The van der Waals surface area contributed by atoms with Crippen LogP contribution in [0.25, 0.3) is 0 Å². The van der Waals surface area contributed by atoms with Crippen LogP contribution in [0.3, 0.4) is 0 Å². The maximum absolute atomic E-state index is 9.37. The largest absolute Gasteiger partial charge is 0.478 e. The third kappa shape index (κ3) is 4.90. The molecule has 0 aromatic carbocycles. The minimum absolute atomic E-state index is 0.282. The standard InChI is InChI=1S/C18H29N3O2/c1-2-23-18-6-5-16(11-19-18)12-20-8-9-21(13-15-3-4-15)17(14-20)7-10-22/h5-6,11,15,17,22H,2-4,7-10,12-14H2,1H3/t17-/m1/s1. The molecule has 128 valence electrons. The van der Waals surface area contributed by atoms with E-state index >= 15 is 0 Å². The van der Waals surface area contributed by atoms with Crippen LogP contribution < -0.4 is 4.74 Å². The Bertz CT molecular complexity index is 476. The highest BCUT2D eigenvalue weighted by Crippen LogP contribution is 2.31. The molecular formula is C18H29N3O2. The molecule has 1 aromatic rings. The number of rotatable bonds is 8. The van der Waals surface area contributed by atoms with Crippen molar-refractivity contribution in [3.05, 3.63) is 23.9 Å². The Morgan fingerprint density at radius 3 is 2.83 bits per heavy atom. The molecular weight excluding hydrogens is 290 g/mol. The summed E-state index contributed by atoms with van der Waals surface area (Å²) in [4.78, 5) is 9.44. The van der Waals surface area contributed by atoms with Crippen LogP contribution in [-0.2, 0) is 6.54 Å². The van der Waals surface area contributed by atoms with E-state index in [0.29, 0.717) is 18.5 Å². The Balaban J connectivity index is 1.53. The zero-order chi connectivity index (χ0) is 16.1. The summed E-state index contributed by atoms with van der Waals surface area (Å²) in [5.74, 6) is 1.61. The second kappa shape index (κ2) is 8.08. The lowest BCUT2D eigenvalue weighted by Gasteiger charge is -2.41. The molecule has 3 rings (SSSR count).